The molecule has 0 aromatic rings. The van der Waals surface area contributed by atoms with E-state index in [2.05, 4.69) is 0 Å². The van der Waals surface area contributed by atoms with E-state index in [1.54, 1.807) is 6.92 Å². The van der Waals surface area contributed by atoms with Crippen molar-refractivity contribution in [1.82, 2.24) is 0 Å². The largest absolute Gasteiger partial charge is 0.300 e. The minimum absolute atomic E-state index is 0.126. The minimum Gasteiger partial charge on any atom is -0.300 e. The highest BCUT2D eigenvalue weighted by molar-refractivity contribution is 6.25. The van der Waals surface area contributed by atoms with E-state index in [4.69, 9.17) is 0 Å². The highest BCUT2D eigenvalue weighted by Gasteiger charge is 2.10. The molecule has 0 N–H and O–H groups in total. The van der Waals surface area contributed by atoms with Crippen LogP contribution in [0.5, 0.6) is 0 Å². The first-order valence-electron chi connectivity index (χ1n) is 4.06. The quantitative estimate of drug-likeness (QED) is 0.444. The summed E-state index contributed by atoms with van der Waals surface area (Å²) in [5.41, 5.74) is 0. The Kier molecular flexibility index (Phi) is 5.17. The molecule has 0 aliphatic rings. The Morgan fingerprint density at radius 1 is 1.42 bits per heavy atom. The first-order valence-corrected chi connectivity index (χ1v) is 4.06. The average Bonchev–Trinajstić information content (AvgIpc) is 2.02. The summed E-state index contributed by atoms with van der Waals surface area (Å²) >= 11 is 0. The summed E-state index contributed by atoms with van der Waals surface area (Å²) in [5, 5.41) is 0. The third-order valence-electron chi connectivity index (χ3n) is 1.77. The maximum atomic E-state index is 10.7. The van der Waals surface area contributed by atoms with Gasteiger partial charge in [-0.25, -0.2) is 0 Å². The molecule has 0 radical (unpaired) electrons. The molecule has 0 fully saturated rings. The molecule has 0 aliphatic carbocycles. The van der Waals surface area contributed by atoms with Crippen molar-refractivity contribution < 1.29 is 14.4 Å². The van der Waals surface area contributed by atoms with Gasteiger partial charge in [-0.05, 0) is 19.8 Å². The number of ketones is 2. The Morgan fingerprint density at radius 2 is 2.00 bits per heavy atom. The molecule has 0 amide bonds. The molecular weight excluding hydrogens is 156 g/mol. The van der Waals surface area contributed by atoms with Gasteiger partial charge in [-0.15, -0.1) is 0 Å². The molecule has 1 unspecified atom stereocenters. The molecule has 3 heteroatoms. The number of Topliss-reactive ketones (excluding diaryl/α,β-unsaturated/α-hetero) is 2. The lowest BCUT2D eigenvalue weighted by Crippen LogP contribution is -2.11. The third-order valence-corrected chi connectivity index (χ3v) is 1.77. The van der Waals surface area contributed by atoms with Gasteiger partial charge in [0.25, 0.3) is 0 Å². The molecule has 0 aliphatic heterocycles. The summed E-state index contributed by atoms with van der Waals surface area (Å²) in [6, 6.07) is 0. The van der Waals surface area contributed by atoms with E-state index in [1.165, 1.54) is 6.92 Å². The van der Waals surface area contributed by atoms with Crippen molar-refractivity contribution in [2.24, 2.45) is 5.92 Å². The van der Waals surface area contributed by atoms with Crippen LogP contribution in [0.1, 0.15) is 33.1 Å². The predicted octanol–water partition coefficient (Wildman–Crippen LogP) is 1.15. The fourth-order valence-corrected chi connectivity index (χ4v) is 0.916. The summed E-state index contributed by atoms with van der Waals surface area (Å²) < 4.78 is 0. The number of aldehydes is 1. The summed E-state index contributed by atoms with van der Waals surface area (Å²) in [7, 11) is 0. The molecule has 68 valence electrons. The summed E-state index contributed by atoms with van der Waals surface area (Å²) in [4.78, 5) is 31.3. The fraction of sp³-hybridized carbons (Fsp3) is 0.667. The normalized spacial score (nSPS) is 12.2. The number of carbonyl (C=O) groups excluding carboxylic acids is 3. The van der Waals surface area contributed by atoms with E-state index in [-0.39, 0.29) is 17.5 Å². The molecule has 3 nitrogen and oxygen atoms in total. The Bertz CT molecular complexity index is 184. The monoisotopic (exact) mass is 170 g/mol. The minimum atomic E-state index is -0.376. The van der Waals surface area contributed by atoms with Crippen molar-refractivity contribution in [3.05, 3.63) is 0 Å². The first-order chi connectivity index (χ1) is 5.57. The highest BCUT2D eigenvalue weighted by Crippen LogP contribution is 2.07. The summed E-state index contributed by atoms with van der Waals surface area (Å²) in [5.74, 6) is -0.485. The van der Waals surface area contributed by atoms with Crippen LogP contribution in [0, 0.1) is 5.92 Å². The lowest BCUT2D eigenvalue weighted by Gasteiger charge is -2.03. The number of hydrogen-bond acceptors (Lipinski definition) is 3. The molecule has 0 rings (SSSR count). The van der Waals surface area contributed by atoms with Crippen LogP contribution in [-0.4, -0.2) is 17.9 Å². The predicted molar refractivity (Wildman–Crippen MR) is 44.8 cm³/mol. The van der Waals surface area contributed by atoms with E-state index in [9.17, 15) is 14.4 Å². The fourth-order valence-electron chi connectivity index (χ4n) is 0.916. The van der Waals surface area contributed by atoms with E-state index in [0.717, 1.165) is 0 Å². The Labute approximate surface area is 72.1 Å². The van der Waals surface area contributed by atoms with Crippen LogP contribution >= 0.6 is 0 Å². The lowest BCUT2D eigenvalue weighted by atomic mass is 9.99. The maximum absolute atomic E-state index is 10.7. The molecule has 12 heavy (non-hydrogen) atoms. The second-order valence-electron chi connectivity index (χ2n) is 3.02. The highest BCUT2D eigenvalue weighted by atomic mass is 16.2. The van der Waals surface area contributed by atoms with Gasteiger partial charge in [-0.2, -0.15) is 0 Å². The molecule has 0 aromatic heterocycles. The van der Waals surface area contributed by atoms with Gasteiger partial charge in [0.05, 0.1) is 0 Å². The van der Waals surface area contributed by atoms with Crippen LogP contribution in [-0.2, 0) is 14.4 Å². The van der Waals surface area contributed by atoms with Crippen LogP contribution in [0.3, 0.4) is 0 Å². The van der Waals surface area contributed by atoms with Crippen LogP contribution in [0.25, 0.3) is 0 Å². The van der Waals surface area contributed by atoms with E-state index in [1.807, 2.05) is 0 Å². The summed E-state index contributed by atoms with van der Waals surface area (Å²) in [6.45, 7) is 3.23. The van der Waals surface area contributed by atoms with E-state index >= 15 is 0 Å². The molecular formula is C9H14O3. The van der Waals surface area contributed by atoms with Crippen LogP contribution in [0.2, 0.25) is 0 Å². The van der Waals surface area contributed by atoms with Crippen LogP contribution in [0.15, 0.2) is 0 Å². The Balaban J connectivity index is 3.56. The van der Waals surface area contributed by atoms with Gasteiger partial charge < -0.3 is 4.79 Å². The molecule has 0 saturated carbocycles. The average molecular weight is 170 g/mol. The number of carbonyl (C=O) groups is 3. The zero-order valence-corrected chi connectivity index (χ0v) is 7.50. The van der Waals surface area contributed by atoms with Gasteiger partial charge in [0.1, 0.15) is 5.78 Å². The Morgan fingerprint density at radius 3 is 2.42 bits per heavy atom. The van der Waals surface area contributed by atoms with Gasteiger partial charge in [0, 0.05) is 12.3 Å². The smallest absolute Gasteiger partial charge is 0.197 e. The van der Waals surface area contributed by atoms with Crippen LogP contribution in [0.4, 0.5) is 0 Å². The number of hydrogen-bond donors (Lipinski definition) is 0. The molecule has 0 aromatic carbocycles. The molecule has 1 atom stereocenters. The van der Waals surface area contributed by atoms with Gasteiger partial charge in [0.15, 0.2) is 12.1 Å². The van der Waals surface area contributed by atoms with Gasteiger partial charge in [0.2, 0.25) is 0 Å². The third kappa shape index (κ3) is 4.77. The maximum Gasteiger partial charge on any atom is 0.197 e. The van der Waals surface area contributed by atoms with Gasteiger partial charge in [-0.3, -0.25) is 9.59 Å². The summed E-state index contributed by atoms with van der Waals surface area (Å²) in [6.07, 6.45) is 2.15. The standard InChI is InChI=1S/C9H14O3/c1-7(9(12)6-10)4-3-5-8(2)11/h6-7H,3-5H2,1-2H3. The van der Waals surface area contributed by atoms with E-state index < -0.39 is 0 Å². The second-order valence-corrected chi connectivity index (χ2v) is 3.02. The molecule has 0 heterocycles. The molecule has 0 spiro atoms. The van der Waals surface area contributed by atoms with Gasteiger partial charge >= 0.3 is 0 Å². The van der Waals surface area contributed by atoms with Crippen molar-refractivity contribution in [3.8, 4) is 0 Å². The first kappa shape index (κ1) is 11.0. The molecule has 0 saturated heterocycles. The second kappa shape index (κ2) is 5.63. The SMILES string of the molecule is CC(=O)CCCC(C)C(=O)C=O. The molecule has 0 bridgehead atoms. The van der Waals surface area contributed by atoms with Crippen molar-refractivity contribution in [2.75, 3.05) is 0 Å². The topological polar surface area (TPSA) is 51.2 Å². The van der Waals surface area contributed by atoms with Crippen molar-refractivity contribution in [2.45, 2.75) is 33.1 Å². The van der Waals surface area contributed by atoms with Crippen molar-refractivity contribution in [1.29, 1.82) is 0 Å². The van der Waals surface area contributed by atoms with Crippen LogP contribution < -0.4 is 0 Å². The van der Waals surface area contributed by atoms with E-state index in [0.29, 0.717) is 25.5 Å². The Hall–Kier alpha value is -0.990. The zero-order valence-electron chi connectivity index (χ0n) is 7.50. The van der Waals surface area contributed by atoms with Crippen molar-refractivity contribution >= 4 is 17.9 Å². The lowest BCUT2D eigenvalue weighted by molar-refractivity contribution is -0.132. The number of rotatable bonds is 6. The van der Waals surface area contributed by atoms with Gasteiger partial charge in [-0.1, -0.05) is 6.92 Å². The zero-order chi connectivity index (χ0) is 9.56. The van der Waals surface area contributed by atoms with Crippen molar-refractivity contribution in [3.63, 3.8) is 0 Å².